The summed E-state index contributed by atoms with van der Waals surface area (Å²) in [5.74, 6) is 0.279. The molecule has 1 aromatic heterocycles. The highest BCUT2D eigenvalue weighted by Gasteiger charge is 2.43. The summed E-state index contributed by atoms with van der Waals surface area (Å²) in [5.41, 5.74) is 2.37. The zero-order valence-corrected chi connectivity index (χ0v) is 19.0. The van der Waals surface area contributed by atoms with E-state index in [4.69, 9.17) is 18.6 Å². The lowest BCUT2D eigenvalue weighted by Crippen LogP contribution is -2.32. The van der Waals surface area contributed by atoms with Gasteiger partial charge >= 0.3 is 0 Å². The number of carbonyl (C=O) groups excluding carboxylic acids is 1. The first-order chi connectivity index (χ1) is 15.6. The van der Waals surface area contributed by atoms with Crippen LogP contribution >= 0.6 is 0 Å². The summed E-state index contributed by atoms with van der Waals surface area (Å²) in [4.78, 5) is 13.4. The van der Waals surface area contributed by atoms with Gasteiger partial charge in [-0.2, -0.15) is 5.26 Å². The molecule has 0 amide bonds. The third kappa shape index (κ3) is 3.42. The predicted octanol–water partition coefficient (Wildman–Crippen LogP) is 4.07. The predicted molar refractivity (Wildman–Crippen MR) is 119 cm³/mol. The second-order valence-electron chi connectivity index (χ2n) is 9.50. The van der Waals surface area contributed by atoms with Gasteiger partial charge in [0.25, 0.3) is 0 Å². The molecule has 1 aliphatic carbocycles. The topological polar surface area (TPSA) is 102 Å². The van der Waals surface area contributed by atoms with E-state index in [0.29, 0.717) is 39.2 Å². The average molecular weight is 447 g/mol. The Morgan fingerprint density at radius 2 is 1.85 bits per heavy atom. The van der Waals surface area contributed by atoms with Crippen molar-refractivity contribution >= 4 is 16.8 Å². The fraction of sp³-hybridized carbons (Fsp3) is 0.385. The molecule has 2 aliphatic rings. The van der Waals surface area contributed by atoms with Crippen LogP contribution in [-0.2, 0) is 14.9 Å². The van der Waals surface area contributed by atoms with Gasteiger partial charge in [-0.25, -0.2) is 0 Å². The van der Waals surface area contributed by atoms with Crippen LogP contribution in [-0.4, -0.2) is 42.1 Å². The van der Waals surface area contributed by atoms with Crippen LogP contribution in [0.15, 0.2) is 40.8 Å². The Bertz CT molecular complexity index is 1310. The molecule has 3 aromatic rings. The van der Waals surface area contributed by atoms with Crippen LogP contribution in [0.5, 0.6) is 5.75 Å². The van der Waals surface area contributed by atoms with Crippen LogP contribution in [0, 0.1) is 11.3 Å². The zero-order chi connectivity index (χ0) is 23.5. The lowest BCUT2D eigenvalue weighted by molar-refractivity contribution is -0.150. The lowest BCUT2D eigenvalue weighted by Gasteiger charge is -2.31. The SMILES string of the molecule is CC1(C)OC(CO)[C@@H](COc2ccc3c(c2)C(C)(C)c2oc4cc(C#N)ccc4c2C3=O)O1. The number of nitrogens with zero attached hydrogens (tertiary/aromatic N) is 1. The van der Waals surface area contributed by atoms with Crippen molar-refractivity contribution in [3.63, 3.8) is 0 Å². The molecular formula is C26H25NO6. The van der Waals surface area contributed by atoms with Gasteiger partial charge in [0.1, 0.15) is 35.9 Å². The molecule has 7 nitrogen and oxygen atoms in total. The summed E-state index contributed by atoms with van der Waals surface area (Å²) in [7, 11) is 0. The molecule has 1 unspecified atom stereocenters. The van der Waals surface area contributed by atoms with Crippen LogP contribution in [0.3, 0.4) is 0 Å². The third-order valence-electron chi connectivity index (χ3n) is 6.40. The minimum absolute atomic E-state index is 0.107. The van der Waals surface area contributed by atoms with E-state index in [2.05, 4.69) is 6.07 Å². The molecule has 7 heteroatoms. The standard InChI is InChI=1S/C26H25NO6/c1-25(2)18-10-15(30-13-21-20(12-28)32-26(3,4)33-21)6-8-16(18)23(29)22-17-7-5-14(11-27)9-19(17)31-24(22)25/h5-10,20-21,28H,12-13H2,1-4H3/t20?,21-/m1/s1. The van der Waals surface area contributed by atoms with Crippen molar-refractivity contribution in [2.75, 3.05) is 13.2 Å². The van der Waals surface area contributed by atoms with Gasteiger partial charge in [0, 0.05) is 16.4 Å². The summed E-state index contributed by atoms with van der Waals surface area (Å²) >= 11 is 0. The highest BCUT2D eigenvalue weighted by molar-refractivity contribution is 6.19. The van der Waals surface area contributed by atoms with Crippen LogP contribution in [0.1, 0.15) is 60.5 Å². The normalized spacial score (nSPS) is 22.6. The van der Waals surface area contributed by atoms with E-state index in [1.54, 1.807) is 44.2 Å². The summed E-state index contributed by atoms with van der Waals surface area (Å²) in [6.07, 6.45) is -0.876. The van der Waals surface area contributed by atoms with Crippen molar-refractivity contribution in [1.29, 1.82) is 5.26 Å². The van der Waals surface area contributed by atoms with Gasteiger partial charge in [-0.15, -0.1) is 0 Å². The fourth-order valence-electron chi connectivity index (χ4n) is 4.80. The number of benzene rings is 2. The van der Waals surface area contributed by atoms with Crippen molar-refractivity contribution in [3.05, 3.63) is 64.4 Å². The van der Waals surface area contributed by atoms with E-state index in [1.165, 1.54) is 0 Å². The number of carbonyl (C=O) groups is 1. The molecule has 170 valence electrons. The summed E-state index contributed by atoms with van der Waals surface area (Å²) in [6.45, 7) is 7.65. The Kier molecular flexibility index (Phi) is 4.87. The molecule has 0 saturated carbocycles. The molecule has 2 aromatic carbocycles. The average Bonchev–Trinajstić information content (AvgIpc) is 3.33. The van der Waals surface area contributed by atoms with Crippen molar-refractivity contribution in [2.24, 2.45) is 0 Å². The number of hydrogen-bond donors (Lipinski definition) is 1. The van der Waals surface area contributed by atoms with Crippen LogP contribution in [0.25, 0.3) is 11.0 Å². The van der Waals surface area contributed by atoms with E-state index < -0.39 is 23.4 Å². The van der Waals surface area contributed by atoms with Gasteiger partial charge in [0.2, 0.25) is 0 Å². The number of hydrogen-bond acceptors (Lipinski definition) is 7. The Balaban J connectivity index is 1.48. The summed E-state index contributed by atoms with van der Waals surface area (Å²) in [5, 5.41) is 19.5. The maximum atomic E-state index is 13.4. The molecule has 1 saturated heterocycles. The number of ether oxygens (including phenoxy) is 3. The minimum atomic E-state index is -0.783. The monoisotopic (exact) mass is 447 g/mol. The molecule has 2 heterocycles. The number of furan rings is 1. The molecule has 1 aliphatic heterocycles. The van der Waals surface area contributed by atoms with Gasteiger partial charge in [0.05, 0.1) is 23.8 Å². The number of nitriles is 1. The first-order valence-electron chi connectivity index (χ1n) is 10.9. The Hall–Kier alpha value is -3.18. The Morgan fingerprint density at radius 1 is 1.09 bits per heavy atom. The Morgan fingerprint density at radius 3 is 2.58 bits per heavy atom. The molecule has 33 heavy (non-hydrogen) atoms. The van der Waals surface area contributed by atoms with E-state index in [-0.39, 0.29) is 19.0 Å². The first-order valence-corrected chi connectivity index (χ1v) is 10.9. The highest BCUT2D eigenvalue weighted by Crippen LogP contribution is 2.46. The van der Waals surface area contributed by atoms with E-state index in [1.807, 2.05) is 19.9 Å². The van der Waals surface area contributed by atoms with Crippen molar-refractivity contribution < 1.29 is 28.5 Å². The van der Waals surface area contributed by atoms with Crippen LogP contribution < -0.4 is 4.74 Å². The lowest BCUT2D eigenvalue weighted by atomic mass is 9.71. The van der Waals surface area contributed by atoms with Gasteiger partial charge in [-0.1, -0.05) is 0 Å². The van der Waals surface area contributed by atoms with Crippen molar-refractivity contribution in [1.82, 2.24) is 0 Å². The van der Waals surface area contributed by atoms with E-state index >= 15 is 0 Å². The Labute approximate surface area is 191 Å². The number of aliphatic hydroxyl groups excluding tert-OH is 1. The molecule has 2 atom stereocenters. The largest absolute Gasteiger partial charge is 0.491 e. The summed E-state index contributed by atoms with van der Waals surface area (Å²) < 4.78 is 23.7. The van der Waals surface area contributed by atoms with Crippen LogP contribution in [0.2, 0.25) is 0 Å². The molecule has 0 spiro atoms. The number of aliphatic hydroxyl groups is 1. The van der Waals surface area contributed by atoms with Crippen molar-refractivity contribution in [2.45, 2.75) is 51.1 Å². The number of rotatable bonds is 4. The van der Waals surface area contributed by atoms with E-state index in [0.717, 1.165) is 5.56 Å². The quantitative estimate of drug-likeness (QED) is 0.643. The van der Waals surface area contributed by atoms with Crippen molar-refractivity contribution in [3.8, 4) is 11.8 Å². The maximum Gasteiger partial charge on any atom is 0.197 e. The first kappa shape index (κ1) is 21.7. The zero-order valence-electron chi connectivity index (χ0n) is 19.0. The summed E-state index contributed by atoms with van der Waals surface area (Å²) in [6, 6.07) is 12.6. The number of fused-ring (bicyclic) bond motifs is 4. The smallest absolute Gasteiger partial charge is 0.197 e. The minimum Gasteiger partial charge on any atom is -0.491 e. The number of ketones is 1. The molecular weight excluding hydrogens is 422 g/mol. The second-order valence-corrected chi connectivity index (χ2v) is 9.50. The molecule has 1 fully saturated rings. The van der Waals surface area contributed by atoms with Gasteiger partial charge in [-0.05, 0) is 69.7 Å². The molecule has 0 bridgehead atoms. The fourth-order valence-corrected chi connectivity index (χ4v) is 4.80. The highest BCUT2D eigenvalue weighted by atomic mass is 16.8. The van der Waals surface area contributed by atoms with Gasteiger partial charge in [-0.3, -0.25) is 4.79 Å². The van der Waals surface area contributed by atoms with Crippen LogP contribution in [0.4, 0.5) is 0 Å². The molecule has 5 rings (SSSR count). The third-order valence-corrected chi connectivity index (χ3v) is 6.40. The van der Waals surface area contributed by atoms with E-state index in [9.17, 15) is 15.2 Å². The second kappa shape index (κ2) is 7.42. The van der Waals surface area contributed by atoms with Gasteiger partial charge in [0.15, 0.2) is 11.6 Å². The molecule has 0 radical (unpaired) electrons. The molecule has 1 N–H and O–H groups in total. The van der Waals surface area contributed by atoms with Gasteiger partial charge < -0.3 is 23.7 Å². The maximum absolute atomic E-state index is 13.4.